The van der Waals surface area contributed by atoms with Gasteiger partial charge in [-0.1, -0.05) is 30.0 Å². The van der Waals surface area contributed by atoms with Crippen LogP contribution in [0.15, 0.2) is 59.2 Å². The van der Waals surface area contributed by atoms with E-state index in [0.717, 1.165) is 22.1 Å². The highest BCUT2D eigenvalue weighted by Gasteiger charge is 2.14. The second-order valence-electron chi connectivity index (χ2n) is 5.19. The third kappa shape index (κ3) is 3.44. The Bertz CT molecular complexity index is 1000. The van der Waals surface area contributed by atoms with Gasteiger partial charge >= 0.3 is 0 Å². The van der Waals surface area contributed by atoms with Gasteiger partial charge in [0, 0.05) is 17.3 Å². The van der Waals surface area contributed by atoms with Gasteiger partial charge in [-0.25, -0.2) is 4.98 Å². The first kappa shape index (κ1) is 16.7. The van der Waals surface area contributed by atoms with E-state index in [1.54, 1.807) is 29.3 Å². The molecule has 1 aromatic carbocycles. The Morgan fingerprint density at radius 2 is 2.04 bits per heavy atom. The average Bonchev–Trinajstić information content (AvgIpc) is 3.36. The molecule has 4 rings (SSSR count). The summed E-state index contributed by atoms with van der Waals surface area (Å²) in [6.07, 6.45) is 1.77. The summed E-state index contributed by atoms with van der Waals surface area (Å²) in [7, 11) is 1.63. The molecular weight excluding hydrogens is 368 g/mol. The number of thiazole rings is 1. The largest absolute Gasteiger partial charge is 0.494 e. The number of aromatic nitrogens is 6. The van der Waals surface area contributed by atoms with Crippen LogP contribution in [0, 0.1) is 0 Å². The molecule has 4 aromatic rings. The minimum absolute atomic E-state index is 0.666. The standard InChI is InChI=1S/C17H14N6OS2/c1-24-15-8-3-2-7-14(15)23-17(20-21-22-23)26-11-12-10-25-16(19-12)13-6-4-5-9-18-13/h2-10H,11H2,1H3. The highest BCUT2D eigenvalue weighted by atomic mass is 32.2. The number of methoxy groups -OCH3 is 1. The molecule has 3 heterocycles. The number of rotatable bonds is 6. The van der Waals surface area contributed by atoms with Crippen LogP contribution in [0.1, 0.15) is 5.69 Å². The van der Waals surface area contributed by atoms with E-state index >= 15 is 0 Å². The zero-order valence-electron chi connectivity index (χ0n) is 13.8. The normalized spacial score (nSPS) is 10.8. The molecule has 0 N–H and O–H groups in total. The van der Waals surface area contributed by atoms with Crippen molar-refractivity contribution in [3.63, 3.8) is 0 Å². The lowest BCUT2D eigenvalue weighted by atomic mass is 10.3. The molecule has 9 heteroatoms. The fourth-order valence-corrected chi connectivity index (χ4v) is 4.02. The summed E-state index contributed by atoms with van der Waals surface area (Å²) in [5, 5.41) is 15.6. The maximum atomic E-state index is 5.40. The number of thioether (sulfide) groups is 1. The van der Waals surface area contributed by atoms with Crippen LogP contribution in [-0.2, 0) is 5.75 Å². The Morgan fingerprint density at radius 3 is 2.88 bits per heavy atom. The predicted octanol–water partition coefficient (Wildman–Crippen LogP) is 3.48. The van der Waals surface area contributed by atoms with Crippen LogP contribution in [0.3, 0.4) is 0 Å². The molecule has 3 aromatic heterocycles. The van der Waals surface area contributed by atoms with Gasteiger partial charge in [-0.15, -0.1) is 16.4 Å². The minimum Gasteiger partial charge on any atom is -0.494 e. The van der Waals surface area contributed by atoms with E-state index in [1.807, 2.05) is 47.8 Å². The molecule has 0 saturated carbocycles. The molecule has 0 aliphatic rings. The highest BCUT2D eigenvalue weighted by molar-refractivity contribution is 7.98. The third-order valence-electron chi connectivity index (χ3n) is 3.54. The van der Waals surface area contributed by atoms with Gasteiger partial charge in [-0.05, 0) is 34.7 Å². The predicted molar refractivity (Wildman–Crippen MR) is 101 cm³/mol. The van der Waals surface area contributed by atoms with Crippen molar-refractivity contribution in [1.29, 1.82) is 0 Å². The van der Waals surface area contributed by atoms with Crippen LogP contribution in [0.5, 0.6) is 5.75 Å². The zero-order chi connectivity index (χ0) is 17.8. The second kappa shape index (κ2) is 7.63. The van der Waals surface area contributed by atoms with E-state index in [2.05, 4.69) is 25.5 Å². The van der Waals surface area contributed by atoms with Crippen molar-refractivity contribution >= 4 is 23.1 Å². The molecule has 7 nitrogen and oxygen atoms in total. The van der Waals surface area contributed by atoms with Crippen molar-refractivity contribution in [3.8, 4) is 22.1 Å². The lowest BCUT2D eigenvalue weighted by molar-refractivity contribution is 0.410. The topological polar surface area (TPSA) is 78.6 Å². The van der Waals surface area contributed by atoms with Crippen molar-refractivity contribution in [2.24, 2.45) is 0 Å². The third-order valence-corrected chi connectivity index (χ3v) is 5.41. The quantitative estimate of drug-likeness (QED) is 0.472. The first-order valence-corrected chi connectivity index (χ1v) is 9.62. The molecule has 0 atom stereocenters. The molecule has 130 valence electrons. The number of hydrogen-bond acceptors (Lipinski definition) is 8. The molecule has 0 aliphatic heterocycles. The first-order chi connectivity index (χ1) is 12.8. The molecule has 0 radical (unpaired) electrons. The summed E-state index contributed by atoms with van der Waals surface area (Å²) in [5.41, 5.74) is 2.65. The highest BCUT2D eigenvalue weighted by Crippen LogP contribution is 2.29. The lowest BCUT2D eigenvalue weighted by Gasteiger charge is -2.08. The Labute approximate surface area is 158 Å². The second-order valence-corrected chi connectivity index (χ2v) is 6.99. The van der Waals surface area contributed by atoms with E-state index in [9.17, 15) is 0 Å². The number of para-hydroxylation sites is 2. The van der Waals surface area contributed by atoms with Crippen LogP contribution in [0.25, 0.3) is 16.4 Å². The van der Waals surface area contributed by atoms with Crippen molar-refractivity contribution in [2.75, 3.05) is 7.11 Å². The van der Waals surface area contributed by atoms with Gasteiger partial charge in [0.2, 0.25) is 5.16 Å². The Balaban J connectivity index is 1.52. The molecule has 0 amide bonds. The Morgan fingerprint density at radius 1 is 1.15 bits per heavy atom. The molecule has 0 aliphatic carbocycles. The first-order valence-electron chi connectivity index (χ1n) is 7.75. The summed E-state index contributed by atoms with van der Waals surface area (Å²) in [4.78, 5) is 8.98. The number of nitrogens with zero attached hydrogens (tertiary/aromatic N) is 6. The van der Waals surface area contributed by atoms with Gasteiger partial charge in [0.25, 0.3) is 0 Å². The van der Waals surface area contributed by atoms with Crippen LogP contribution in [-0.4, -0.2) is 37.3 Å². The number of hydrogen-bond donors (Lipinski definition) is 0. The Hall–Kier alpha value is -2.78. The number of pyridine rings is 1. The van der Waals surface area contributed by atoms with Crippen molar-refractivity contribution in [2.45, 2.75) is 10.9 Å². The van der Waals surface area contributed by atoms with Crippen LogP contribution >= 0.6 is 23.1 Å². The zero-order valence-corrected chi connectivity index (χ0v) is 15.4. The van der Waals surface area contributed by atoms with Gasteiger partial charge in [-0.3, -0.25) is 4.98 Å². The molecule has 0 spiro atoms. The maximum absolute atomic E-state index is 5.40. The van der Waals surface area contributed by atoms with Crippen molar-refractivity contribution < 1.29 is 4.74 Å². The summed E-state index contributed by atoms with van der Waals surface area (Å²) >= 11 is 3.11. The molecule has 0 saturated heterocycles. The van der Waals surface area contributed by atoms with Crippen LogP contribution < -0.4 is 4.74 Å². The van der Waals surface area contributed by atoms with E-state index in [0.29, 0.717) is 16.7 Å². The smallest absolute Gasteiger partial charge is 0.214 e. The number of benzene rings is 1. The summed E-state index contributed by atoms with van der Waals surface area (Å²) in [6.45, 7) is 0. The van der Waals surface area contributed by atoms with Gasteiger partial charge in [0.1, 0.15) is 16.4 Å². The van der Waals surface area contributed by atoms with E-state index in [1.165, 1.54) is 11.8 Å². The van der Waals surface area contributed by atoms with Crippen molar-refractivity contribution in [3.05, 3.63) is 59.7 Å². The SMILES string of the molecule is COc1ccccc1-n1nnnc1SCc1csc(-c2ccccn2)n1. The summed E-state index contributed by atoms with van der Waals surface area (Å²) in [6, 6.07) is 13.4. The van der Waals surface area contributed by atoms with Crippen LogP contribution in [0.2, 0.25) is 0 Å². The monoisotopic (exact) mass is 382 g/mol. The molecular formula is C17H14N6OS2. The fraction of sp³-hybridized carbons (Fsp3) is 0.118. The number of tetrazole rings is 1. The average molecular weight is 382 g/mol. The van der Waals surface area contributed by atoms with Crippen molar-refractivity contribution in [1.82, 2.24) is 30.2 Å². The fourth-order valence-electron chi connectivity index (χ4n) is 2.34. The Kier molecular flexibility index (Phi) is 4.89. The van der Waals surface area contributed by atoms with E-state index in [-0.39, 0.29) is 0 Å². The van der Waals surface area contributed by atoms with E-state index in [4.69, 9.17) is 4.74 Å². The molecule has 0 unspecified atom stereocenters. The summed E-state index contributed by atoms with van der Waals surface area (Å²) < 4.78 is 7.07. The summed E-state index contributed by atoms with van der Waals surface area (Å²) in [5.74, 6) is 1.38. The number of ether oxygens (including phenoxy) is 1. The lowest BCUT2D eigenvalue weighted by Crippen LogP contribution is -2.01. The van der Waals surface area contributed by atoms with Crippen LogP contribution in [0.4, 0.5) is 0 Å². The maximum Gasteiger partial charge on any atom is 0.214 e. The molecule has 26 heavy (non-hydrogen) atoms. The van der Waals surface area contributed by atoms with Gasteiger partial charge in [0.15, 0.2) is 0 Å². The van der Waals surface area contributed by atoms with Gasteiger partial charge in [-0.2, -0.15) is 4.68 Å². The van der Waals surface area contributed by atoms with E-state index < -0.39 is 0 Å². The molecule has 0 fully saturated rings. The minimum atomic E-state index is 0.666. The van der Waals surface area contributed by atoms with Gasteiger partial charge < -0.3 is 4.74 Å². The molecule has 0 bridgehead atoms. The van der Waals surface area contributed by atoms with Gasteiger partial charge in [0.05, 0.1) is 18.5 Å².